The molecular weight excluding hydrogens is 236 g/mol. The molecule has 0 aliphatic heterocycles. The van der Waals surface area contributed by atoms with Crippen molar-refractivity contribution in [2.75, 3.05) is 7.11 Å². The number of thioether (sulfide) groups is 1. The van der Waals surface area contributed by atoms with Gasteiger partial charge in [0, 0.05) is 16.6 Å². The average molecular weight is 254 g/mol. The highest BCUT2D eigenvalue weighted by Gasteiger charge is 2.13. The third-order valence-electron chi connectivity index (χ3n) is 2.38. The third-order valence-corrected chi connectivity index (χ3v) is 3.81. The standard InChI is InChI=1S/C12H18N2O2S/c1-3-9(8-12(13)14-15)17-11-7-5-4-6-10(11)16-2/h4-7,9,15H,3,8H2,1-2H3,(H2,13,14). The molecule has 5 heteroatoms. The van der Waals surface area contributed by atoms with Crippen molar-refractivity contribution in [3.05, 3.63) is 24.3 Å². The molecule has 1 unspecified atom stereocenters. The normalized spacial score (nSPS) is 13.4. The summed E-state index contributed by atoms with van der Waals surface area (Å²) in [6, 6.07) is 7.85. The molecule has 0 amide bonds. The zero-order chi connectivity index (χ0) is 12.7. The van der Waals surface area contributed by atoms with Crippen LogP contribution in [0.5, 0.6) is 5.75 Å². The molecule has 94 valence electrons. The number of hydrogen-bond donors (Lipinski definition) is 2. The van der Waals surface area contributed by atoms with Crippen LogP contribution >= 0.6 is 11.8 Å². The predicted octanol–water partition coefficient (Wildman–Crippen LogP) is 2.70. The molecule has 3 N–H and O–H groups in total. The summed E-state index contributed by atoms with van der Waals surface area (Å²) in [5, 5.41) is 11.9. The van der Waals surface area contributed by atoms with Gasteiger partial charge < -0.3 is 15.7 Å². The van der Waals surface area contributed by atoms with Crippen LogP contribution in [0.4, 0.5) is 0 Å². The Morgan fingerprint density at radius 3 is 2.82 bits per heavy atom. The Morgan fingerprint density at radius 1 is 1.53 bits per heavy atom. The molecule has 0 aliphatic rings. The van der Waals surface area contributed by atoms with Crippen LogP contribution < -0.4 is 10.5 Å². The number of ether oxygens (including phenoxy) is 1. The van der Waals surface area contributed by atoms with Gasteiger partial charge in [0.15, 0.2) is 0 Å². The molecule has 0 saturated heterocycles. The Kier molecular flexibility index (Phi) is 5.69. The van der Waals surface area contributed by atoms with Crippen molar-refractivity contribution in [3.8, 4) is 5.75 Å². The molecular formula is C12H18N2O2S. The van der Waals surface area contributed by atoms with E-state index < -0.39 is 0 Å². The summed E-state index contributed by atoms with van der Waals surface area (Å²) in [5.74, 6) is 1.12. The number of oxime groups is 1. The van der Waals surface area contributed by atoms with Crippen LogP contribution in [0.2, 0.25) is 0 Å². The summed E-state index contributed by atoms with van der Waals surface area (Å²) < 4.78 is 5.29. The van der Waals surface area contributed by atoms with Crippen LogP contribution in [0, 0.1) is 0 Å². The fourth-order valence-corrected chi connectivity index (χ4v) is 2.64. The summed E-state index contributed by atoms with van der Waals surface area (Å²) in [7, 11) is 1.66. The quantitative estimate of drug-likeness (QED) is 0.269. The maximum Gasteiger partial charge on any atom is 0.140 e. The first-order valence-electron chi connectivity index (χ1n) is 5.47. The second-order valence-electron chi connectivity index (χ2n) is 3.59. The van der Waals surface area contributed by atoms with Crippen LogP contribution in [-0.4, -0.2) is 23.4 Å². The maximum atomic E-state index is 8.58. The van der Waals surface area contributed by atoms with Crippen LogP contribution in [-0.2, 0) is 0 Å². The van der Waals surface area contributed by atoms with Gasteiger partial charge in [-0.2, -0.15) is 0 Å². The van der Waals surface area contributed by atoms with Gasteiger partial charge in [0.2, 0.25) is 0 Å². The fraction of sp³-hybridized carbons (Fsp3) is 0.417. The molecule has 0 spiro atoms. The number of amidine groups is 1. The molecule has 0 saturated carbocycles. The number of methoxy groups -OCH3 is 1. The Morgan fingerprint density at radius 2 is 2.24 bits per heavy atom. The number of nitrogens with two attached hydrogens (primary N) is 1. The van der Waals surface area contributed by atoms with Crippen molar-refractivity contribution in [1.29, 1.82) is 0 Å². The lowest BCUT2D eigenvalue weighted by Crippen LogP contribution is -2.18. The average Bonchev–Trinajstić information content (AvgIpc) is 2.38. The van der Waals surface area contributed by atoms with E-state index in [1.54, 1.807) is 18.9 Å². The highest BCUT2D eigenvalue weighted by atomic mass is 32.2. The Hall–Kier alpha value is -1.36. The summed E-state index contributed by atoms with van der Waals surface area (Å²) in [6.45, 7) is 2.08. The summed E-state index contributed by atoms with van der Waals surface area (Å²) in [5.41, 5.74) is 5.53. The largest absolute Gasteiger partial charge is 0.496 e. The van der Waals surface area contributed by atoms with Crippen LogP contribution in [0.25, 0.3) is 0 Å². The summed E-state index contributed by atoms with van der Waals surface area (Å²) in [4.78, 5) is 1.08. The lowest BCUT2D eigenvalue weighted by atomic mass is 10.2. The minimum absolute atomic E-state index is 0.263. The first-order valence-corrected chi connectivity index (χ1v) is 6.35. The van der Waals surface area contributed by atoms with Gasteiger partial charge in [0.1, 0.15) is 11.6 Å². The van der Waals surface area contributed by atoms with E-state index >= 15 is 0 Å². The van der Waals surface area contributed by atoms with Gasteiger partial charge in [-0.25, -0.2) is 0 Å². The van der Waals surface area contributed by atoms with Gasteiger partial charge in [-0.05, 0) is 18.6 Å². The summed E-state index contributed by atoms with van der Waals surface area (Å²) in [6.07, 6.45) is 1.51. The van der Waals surface area contributed by atoms with Gasteiger partial charge in [-0.3, -0.25) is 0 Å². The van der Waals surface area contributed by atoms with E-state index in [-0.39, 0.29) is 11.1 Å². The molecule has 0 heterocycles. The van der Waals surface area contributed by atoms with E-state index in [9.17, 15) is 0 Å². The monoisotopic (exact) mass is 254 g/mol. The van der Waals surface area contributed by atoms with Gasteiger partial charge in [0.05, 0.1) is 7.11 Å². The van der Waals surface area contributed by atoms with Crippen LogP contribution in [0.3, 0.4) is 0 Å². The number of rotatable bonds is 6. The lowest BCUT2D eigenvalue weighted by Gasteiger charge is -2.15. The zero-order valence-electron chi connectivity index (χ0n) is 10.1. The first-order chi connectivity index (χ1) is 8.21. The maximum absolute atomic E-state index is 8.58. The molecule has 1 aromatic carbocycles. The van der Waals surface area contributed by atoms with Crippen LogP contribution in [0.1, 0.15) is 19.8 Å². The molecule has 1 rings (SSSR count). The predicted molar refractivity (Wildman–Crippen MR) is 71.0 cm³/mol. The molecule has 0 bridgehead atoms. The van der Waals surface area contributed by atoms with Crippen molar-refractivity contribution in [2.45, 2.75) is 29.9 Å². The first kappa shape index (κ1) is 13.7. The van der Waals surface area contributed by atoms with Crippen LogP contribution in [0.15, 0.2) is 34.3 Å². The number of benzene rings is 1. The molecule has 17 heavy (non-hydrogen) atoms. The lowest BCUT2D eigenvalue weighted by molar-refractivity contribution is 0.316. The van der Waals surface area contributed by atoms with Gasteiger partial charge in [-0.15, -0.1) is 11.8 Å². The molecule has 0 fully saturated rings. The Labute approximate surface area is 106 Å². The molecule has 0 radical (unpaired) electrons. The third kappa shape index (κ3) is 4.19. The van der Waals surface area contributed by atoms with Gasteiger partial charge in [-0.1, -0.05) is 24.2 Å². The fourth-order valence-electron chi connectivity index (χ4n) is 1.44. The van der Waals surface area contributed by atoms with Crippen molar-refractivity contribution in [2.24, 2.45) is 10.9 Å². The highest BCUT2D eigenvalue weighted by Crippen LogP contribution is 2.34. The van der Waals surface area contributed by atoms with E-state index in [4.69, 9.17) is 15.7 Å². The number of hydrogen-bond acceptors (Lipinski definition) is 4. The second-order valence-corrected chi connectivity index (χ2v) is 4.94. The topological polar surface area (TPSA) is 67.8 Å². The minimum atomic E-state index is 0.263. The molecule has 0 aromatic heterocycles. The Balaban J connectivity index is 2.73. The zero-order valence-corrected chi connectivity index (χ0v) is 10.9. The van der Waals surface area contributed by atoms with E-state index in [1.807, 2.05) is 24.3 Å². The summed E-state index contributed by atoms with van der Waals surface area (Å²) >= 11 is 1.69. The van der Waals surface area contributed by atoms with Crippen molar-refractivity contribution < 1.29 is 9.94 Å². The smallest absolute Gasteiger partial charge is 0.140 e. The highest BCUT2D eigenvalue weighted by molar-refractivity contribution is 8.00. The van der Waals surface area contributed by atoms with Gasteiger partial charge in [0.25, 0.3) is 0 Å². The number of nitrogens with zero attached hydrogens (tertiary/aromatic N) is 1. The molecule has 4 nitrogen and oxygen atoms in total. The van der Waals surface area contributed by atoms with Crippen molar-refractivity contribution in [3.63, 3.8) is 0 Å². The van der Waals surface area contributed by atoms with Crippen molar-refractivity contribution in [1.82, 2.24) is 0 Å². The molecule has 1 aromatic rings. The van der Waals surface area contributed by atoms with E-state index in [2.05, 4.69) is 12.1 Å². The SMILES string of the molecule is CCC(C/C(N)=N/O)Sc1ccccc1OC. The molecule has 1 atom stereocenters. The van der Waals surface area contributed by atoms with E-state index in [0.717, 1.165) is 17.1 Å². The van der Waals surface area contributed by atoms with Crippen molar-refractivity contribution >= 4 is 17.6 Å². The van der Waals surface area contributed by atoms with Gasteiger partial charge >= 0.3 is 0 Å². The van der Waals surface area contributed by atoms with E-state index in [0.29, 0.717) is 6.42 Å². The minimum Gasteiger partial charge on any atom is -0.496 e. The number of para-hydroxylation sites is 1. The molecule has 0 aliphatic carbocycles. The Bertz CT molecular complexity index is 383. The van der Waals surface area contributed by atoms with E-state index in [1.165, 1.54) is 0 Å². The second kappa shape index (κ2) is 7.06.